The van der Waals surface area contributed by atoms with Gasteiger partial charge in [0.2, 0.25) is 16.9 Å². The van der Waals surface area contributed by atoms with Crippen LogP contribution in [0.15, 0.2) is 47.6 Å². The Morgan fingerprint density at radius 3 is 2.58 bits per heavy atom. The Hall–Kier alpha value is -3.58. The number of nitrogens with one attached hydrogen (secondary N) is 3. The van der Waals surface area contributed by atoms with Crippen molar-refractivity contribution in [2.45, 2.75) is 50.4 Å². The molecule has 1 unspecified atom stereocenters. The average Bonchev–Trinajstić information content (AvgIpc) is 3.48. The van der Waals surface area contributed by atoms with Crippen LogP contribution in [-0.2, 0) is 28.9 Å². The number of hydrogen-bond acceptors (Lipinski definition) is 9. The first-order valence-corrected chi connectivity index (χ1v) is 13.5. The predicted molar refractivity (Wildman–Crippen MR) is 143 cm³/mol. The third-order valence-electron chi connectivity index (χ3n) is 5.54. The van der Waals surface area contributed by atoms with E-state index in [9.17, 15) is 23.5 Å². The number of benzene rings is 2. The van der Waals surface area contributed by atoms with Gasteiger partial charge in [-0.3, -0.25) is 15.0 Å². The van der Waals surface area contributed by atoms with Gasteiger partial charge in [0.05, 0.1) is 17.9 Å². The minimum absolute atomic E-state index is 0.0877. The number of hydrazone groups is 1. The molecule has 0 radical (unpaired) electrons. The maximum atomic E-state index is 13.9. The highest BCUT2D eigenvalue weighted by Crippen LogP contribution is 2.29. The molecule has 0 bridgehead atoms. The number of phenolic OH excluding ortho intramolecular Hbond substituents is 1. The number of unbranched alkanes of at least 4 members (excludes halogenated alkanes) is 1. The quantitative estimate of drug-likeness (QED) is 0.260. The summed E-state index contributed by atoms with van der Waals surface area (Å²) in [5, 5.41) is 29.2. The maximum absolute atomic E-state index is 13.9. The fraction of sp³-hybridized carbons (Fsp3) is 0.320. The van der Waals surface area contributed by atoms with Crippen LogP contribution in [0.3, 0.4) is 0 Å². The van der Waals surface area contributed by atoms with Gasteiger partial charge in [-0.25, -0.2) is 8.78 Å². The van der Waals surface area contributed by atoms with E-state index >= 15 is 0 Å². The zero-order chi connectivity index (χ0) is 27.1. The average molecular weight is 561 g/mol. The zero-order valence-electron chi connectivity index (χ0n) is 20.5. The molecule has 0 saturated carbocycles. The van der Waals surface area contributed by atoms with E-state index in [2.05, 4.69) is 31.4 Å². The lowest BCUT2D eigenvalue weighted by molar-refractivity contribution is -0.121. The Morgan fingerprint density at radius 1 is 1.03 bits per heavy atom. The van der Waals surface area contributed by atoms with Gasteiger partial charge in [-0.15, -0.1) is 10.2 Å². The summed E-state index contributed by atoms with van der Waals surface area (Å²) in [7, 11) is 0. The van der Waals surface area contributed by atoms with Crippen LogP contribution in [0, 0.1) is 11.6 Å². The molecule has 200 valence electrons. The molecule has 4 N–H and O–H groups in total. The molecule has 1 atom stereocenters. The lowest BCUT2D eigenvalue weighted by Crippen LogP contribution is -2.50. The monoisotopic (exact) mass is 560 g/mol. The van der Waals surface area contributed by atoms with Crippen molar-refractivity contribution in [3.63, 3.8) is 0 Å². The van der Waals surface area contributed by atoms with Crippen LogP contribution in [0.2, 0.25) is 0 Å². The Morgan fingerprint density at radius 2 is 1.79 bits per heavy atom. The zero-order valence-corrected chi connectivity index (χ0v) is 22.1. The van der Waals surface area contributed by atoms with Crippen LogP contribution in [0.25, 0.3) is 0 Å². The van der Waals surface area contributed by atoms with Crippen molar-refractivity contribution in [2.24, 2.45) is 5.10 Å². The Kier molecular flexibility index (Phi) is 8.89. The van der Waals surface area contributed by atoms with E-state index in [4.69, 9.17) is 0 Å². The van der Waals surface area contributed by atoms with Crippen LogP contribution in [0.5, 0.6) is 5.75 Å². The summed E-state index contributed by atoms with van der Waals surface area (Å²) >= 11 is 2.70. The van der Waals surface area contributed by atoms with E-state index in [1.807, 2.05) is 37.3 Å². The minimum atomic E-state index is -1.16. The molecule has 3 aromatic rings. The van der Waals surface area contributed by atoms with Gasteiger partial charge >= 0.3 is 0 Å². The minimum Gasteiger partial charge on any atom is -0.503 e. The van der Waals surface area contributed by atoms with E-state index in [1.54, 1.807) is 0 Å². The fourth-order valence-electron chi connectivity index (χ4n) is 3.72. The molecule has 1 aromatic heterocycles. The number of amides is 2. The second-order valence-corrected chi connectivity index (χ2v) is 11.3. The predicted octanol–water partition coefficient (Wildman–Crippen LogP) is 4.10. The summed E-state index contributed by atoms with van der Waals surface area (Å²) < 4.78 is 27.1. The molecule has 2 heterocycles. The highest BCUT2D eigenvalue weighted by molar-refractivity contribution is 8.15. The lowest BCUT2D eigenvalue weighted by atomic mass is 10.1. The lowest BCUT2D eigenvalue weighted by Gasteiger charge is -2.24. The standard InChI is InChI=1S/C25H26F2N6O3S2/c1-25(29-19(35)13-15-7-3-2-4-8-15)33-31-21(38-25)10-6-5-9-20-30-32-24(37-20)28-18(34)14-16-11-12-17(26)23(36)22(16)27/h2-4,7-8,11-12,33,36H,5-6,9-10,13-14H2,1H3,(H,29,35)(H,28,32,34). The molecule has 4 rings (SSSR count). The van der Waals surface area contributed by atoms with E-state index in [-0.39, 0.29) is 23.0 Å². The number of hydrogen-bond donors (Lipinski definition) is 4. The van der Waals surface area contributed by atoms with Crippen molar-refractivity contribution in [3.05, 3.63) is 70.2 Å². The van der Waals surface area contributed by atoms with Crippen LogP contribution in [0.1, 0.15) is 42.3 Å². The number of aromatic hydroxyl groups is 1. The Bertz CT molecular complexity index is 1340. The van der Waals surface area contributed by atoms with Crippen molar-refractivity contribution in [1.29, 1.82) is 0 Å². The first-order valence-electron chi connectivity index (χ1n) is 11.9. The highest BCUT2D eigenvalue weighted by Gasteiger charge is 2.33. The Balaban J connectivity index is 1.15. The van der Waals surface area contributed by atoms with Crippen LogP contribution in [-0.4, -0.2) is 37.2 Å². The number of aromatic nitrogens is 2. The van der Waals surface area contributed by atoms with Gasteiger partial charge in [0.1, 0.15) is 5.01 Å². The number of carbonyl (C=O) groups excluding carboxylic acids is 2. The van der Waals surface area contributed by atoms with E-state index in [1.165, 1.54) is 23.1 Å². The largest absolute Gasteiger partial charge is 0.503 e. The van der Waals surface area contributed by atoms with Crippen LogP contribution < -0.4 is 16.1 Å². The maximum Gasteiger partial charge on any atom is 0.230 e. The van der Waals surface area contributed by atoms with Crippen molar-refractivity contribution in [2.75, 3.05) is 5.32 Å². The molecule has 0 aliphatic carbocycles. The number of aryl methyl sites for hydroxylation is 1. The topological polar surface area (TPSA) is 129 Å². The Labute approximate surface area is 226 Å². The van der Waals surface area contributed by atoms with Crippen molar-refractivity contribution in [1.82, 2.24) is 20.9 Å². The molecule has 0 fully saturated rings. The third-order valence-corrected chi connectivity index (χ3v) is 7.57. The molecule has 2 amide bonds. The molecule has 13 heteroatoms. The number of nitrogens with zero attached hydrogens (tertiary/aromatic N) is 3. The molecule has 1 aliphatic heterocycles. The summed E-state index contributed by atoms with van der Waals surface area (Å²) in [6.07, 6.45) is 2.97. The number of anilines is 1. The molecule has 38 heavy (non-hydrogen) atoms. The first kappa shape index (κ1) is 27.5. The van der Waals surface area contributed by atoms with Crippen molar-refractivity contribution in [3.8, 4) is 5.75 Å². The van der Waals surface area contributed by atoms with E-state index < -0.39 is 28.3 Å². The number of phenols is 1. The molecule has 2 aromatic carbocycles. The number of thioether (sulfide) groups is 1. The SMILES string of the molecule is CC1(NC(=O)Cc2ccccc2)NN=C(CCCCc2nnc(NC(=O)Cc3ccc(F)c(O)c3F)s2)S1. The summed E-state index contributed by atoms with van der Waals surface area (Å²) in [6, 6.07) is 11.5. The van der Waals surface area contributed by atoms with Crippen LogP contribution >= 0.6 is 23.1 Å². The molecule has 0 saturated heterocycles. The van der Waals surface area contributed by atoms with Gasteiger partial charge in [-0.1, -0.05) is 59.5 Å². The number of carbonyl (C=O) groups is 2. The molecular weight excluding hydrogens is 534 g/mol. The first-order chi connectivity index (χ1) is 18.2. The second kappa shape index (κ2) is 12.3. The van der Waals surface area contributed by atoms with E-state index in [0.29, 0.717) is 12.8 Å². The normalized spacial score (nSPS) is 16.6. The van der Waals surface area contributed by atoms with Gasteiger partial charge in [0.15, 0.2) is 22.4 Å². The fourth-order valence-corrected chi connectivity index (χ4v) is 5.58. The van der Waals surface area contributed by atoms with Crippen LogP contribution in [0.4, 0.5) is 13.9 Å². The van der Waals surface area contributed by atoms with Crippen molar-refractivity contribution >= 4 is 45.1 Å². The van der Waals surface area contributed by atoms with Gasteiger partial charge < -0.3 is 15.7 Å². The highest BCUT2D eigenvalue weighted by atomic mass is 32.2. The molecular formula is C25H26F2N6O3S2. The number of halogens is 2. The third kappa shape index (κ3) is 7.48. The van der Waals surface area contributed by atoms with E-state index in [0.717, 1.165) is 47.0 Å². The van der Waals surface area contributed by atoms with Gasteiger partial charge in [0.25, 0.3) is 0 Å². The second-order valence-electron chi connectivity index (χ2n) is 8.77. The summed E-state index contributed by atoms with van der Waals surface area (Å²) in [5.41, 5.74) is 3.83. The molecule has 1 aliphatic rings. The summed E-state index contributed by atoms with van der Waals surface area (Å²) in [6.45, 7) is 1.88. The smallest absolute Gasteiger partial charge is 0.230 e. The summed E-state index contributed by atoms with van der Waals surface area (Å²) in [4.78, 5) is 23.9. The molecule has 9 nitrogen and oxygen atoms in total. The summed E-state index contributed by atoms with van der Waals surface area (Å²) in [5.74, 6) is -4.00. The molecule has 0 spiro atoms. The van der Waals surface area contributed by atoms with Gasteiger partial charge in [-0.05, 0) is 37.8 Å². The number of rotatable bonds is 11. The van der Waals surface area contributed by atoms with Gasteiger partial charge in [-0.2, -0.15) is 5.10 Å². The van der Waals surface area contributed by atoms with Gasteiger partial charge in [0, 0.05) is 12.0 Å². The van der Waals surface area contributed by atoms with Crippen molar-refractivity contribution < 1.29 is 23.5 Å².